The molecule has 0 aliphatic rings. The van der Waals surface area contributed by atoms with Gasteiger partial charge in [0, 0.05) is 10.5 Å². The predicted molar refractivity (Wildman–Crippen MR) is 80.6 cm³/mol. The molecule has 5 heteroatoms. The smallest absolute Gasteiger partial charge is 0.159 e. The molecule has 1 unspecified atom stereocenters. The van der Waals surface area contributed by atoms with Crippen molar-refractivity contribution in [3.63, 3.8) is 0 Å². The SMILES string of the molecule is CCNC(Cc1ccc(F)c(F)c1)c1cc(F)cc(Br)c1. The fraction of sp³-hybridized carbons (Fsp3) is 0.250. The van der Waals surface area contributed by atoms with E-state index >= 15 is 0 Å². The van der Waals surface area contributed by atoms with Crippen LogP contribution in [0.1, 0.15) is 24.1 Å². The lowest BCUT2D eigenvalue weighted by Crippen LogP contribution is -2.23. The molecule has 0 spiro atoms. The molecule has 112 valence electrons. The standard InChI is InChI=1S/C16H15BrF3N/c1-2-21-16(11-7-12(17)9-13(18)8-11)6-10-3-4-14(19)15(20)5-10/h3-5,7-9,16,21H,2,6H2,1H3. The van der Waals surface area contributed by atoms with Gasteiger partial charge in [-0.3, -0.25) is 0 Å². The van der Waals surface area contributed by atoms with Crippen LogP contribution in [0, 0.1) is 17.5 Å². The Bertz CT molecular complexity index is 611. The number of rotatable bonds is 5. The summed E-state index contributed by atoms with van der Waals surface area (Å²) in [7, 11) is 0. The predicted octanol–water partition coefficient (Wildman–Crippen LogP) is 4.76. The molecule has 0 heterocycles. The quantitative estimate of drug-likeness (QED) is 0.813. The van der Waals surface area contributed by atoms with E-state index in [1.165, 1.54) is 24.3 Å². The van der Waals surface area contributed by atoms with Crippen molar-refractivity contribution >= 4 is 15.9 Å². The van der Waals surface area contributed by atoms with Crippen LogP contribution in [0.3, 0.4) is 0 Å². The van der Waals surface area contributed by atoms with Gasteiger partial charge in [0.05, 0.1) is 0 Å². The van der Waals surface area contributed by atoms with Crippen molar-refractivity contribution < 1.29 is 13.2 Å². The van der Waals surface area contributed by atoms with E-state index in [4.69, 9.17) is 0 Å². The summed E-state index contributed by atoms with van der Waals surface area (Å²) in [6, 6.07) is 8.28. The normalized spacial score (nSPS) is 12.4. The van der Waals surface area contributed by atoms with Gasteiger partial charge in [0.15, 0.2) is 11.6 Å². The van der Waals surface area contributed by atoms with Crippen LogP contribution in [-0.2, 0) is 6.42 Å². The molecule has 0 aliphatic heterocycles. The maximum absolute atomic E-state index is 13.5. The highest BCUT2D eigenvalue weighted by Gasteiger charge is 2.14. The van der Waals surface area contributed by atoms with Gasteiger partial charge in [-0.2, -0.15) is 0 Å². The van der Waals surface area contributed by atoms with Crippen LogP contribution in [0.25, 0.3) is 0 Å². The van der Waals surface area contributed by atoms with Crippen LogP contribution in [0.4, 0.5) is 13.2 Å². The minimum atomic E-state index is -0.872. The van der Waals surface area contributed by atoms with Crippen LogP contribution in [0.15, 0.2) is 40.9 Å². The zero-order valence-corrected chi connectivity index (χ0v) is 13.1. The van der Waals surface area contributed by atoms with E-state index in [1.807, 2.05) is 13.0 Å². The maximum atomic E-state index is 13.5. The second kappa shape index (κ2) is 7.09. The molecule has 0 radical (unpaired) electrons. The second-order valence-electron chi connectivity index (χ2n) is 4.77. The number of nitrogens with one attached hydrogen (secondary N) is 1. The van der Waals surface area contributed by atoms with Crippen LogP contribution < -0.4 is 5.32 Å². The number of benzene rings is 2. The molecule has 0 saturated carbocycles. The molecule has 21 heavy (non-hydrogen) atoms. The van der Waals surface area contributed by atoms with Gasteiger partial charge in [-0.15, -0.1) is 0 Å². The van der Waals surface area contributed by atoms with Gasteiger partial charge in [-0.05, 0) is 54.4 Å². The van der Waals surface area contributed by atoms with Crippen LogP contribution in [-0.4, -0.2) is 6.54 Å². The summed E-state index contributed by atoms with van der Waals surface area (Å²) in [6.45, 7) is 2.62. The molecule has 1 atom stereocenters. The van der Waals surface area contributed by atoms with E-state index < -0.39 is 11.6 Å². The average molecular weight is 358 g/mol. The molecule has 0 aromatic heterocycles. The molecule has 0 fully saturated rings. The molecule has 2 aromatic rings. The molecule has 0 amide bonds. The molecule has 0 saturated heterocycles. The first kappa shape index (κ1) is 16.0. The van der Waals surface area contributed by atoms with Gasteiger partial charge in [0.25, 0.3) is 0 Å². The Labute approximate surface area is 130 Å². The third-order valence-corrected chi connectivity index (χ3v) is 3.62. The first-order chi connectivity index (χ1) is 9.99. The summed E-state index contributed by atoms with van der Waals surface area (Å²) >= 11 is 3.26. The number of hydrogen-bond donors (Lipinski definition) is 1. The van der Waals surface area contributed by atoms with E-state index in [-0.39, 0.29) is 11.9 Å². The minimum absolute atomic E-state index is 0.174. The molecule has 2 aromatic carbocycles. The van der Waals surface area contributed by atoms with E-state index in [0.29, 0.717) is 23.0 Å². The monoisotopic (exact) mass is 357 g/mol. The van der Waals surface area contributed by atoms with Gasteiger partial charge in [-0.1, -0.05) is 28.9 Å². The Morgan fingerprint density at radius 1 is 1.05 bits per heavy atom. The minimum Gasteiger partial charge on any atom is -0.310 e. The summed E-state index contributed by atoms with van der Waals surface area (Å²) in [5, 5.41) is 3.23. The Kier molecular flexibility index (Phi) is 5.42. The molecule has 0 bridgehead atoms. The second-order valence-corrected chi connectivity index (χ2v) is 5.68. The number of hydrogen-bond acceptors (Lipinski definition) is 1. The van der Waals surface area contributed by atoms with E-state index in [0.717, 1.165) is 11.6 Å². The van der Waals surface area contributed by atoms with Crippen molar-refractivity contribution in [2.24, 2.45) is 0 Å². The Balaban J connectivity index is 2.27. The third-order valence-electron chi connectivity index (χ3n) is 3.16. The van der Waals surface area contributed by atoms with Gasteiger partial charge in [0.2, 0.25) is 0 Å². The fourth-order valence-corrected chi connectivity index (χ4v) is 2.72. The van der Waals surface area contributed by atoms with Gasteiger partial charge >= 0.3 is 0 Å². The van der Waals surface area contributed by atoms with Gasteiger partial charge < -0.3 is 5.32 Å². The number of likely N-dealkylation sites (N-methyl/N-ethyl adjacent to an activating group) is 1. The van der Waals surface area contributed by atoms with E-state index in [9.17, 15) is 13.2 Å². The molecule has 1 N–H and O–H groups in total. The van der Waals surface area contributed by atoms with Crippen molar-refractivity contribution in [2.75, 3.05) is 6.54 Å². The highest BCUT2D eigenvalue weighted by atomic mass is 79.9. The molecule has 2 rings (SSSR count). The summed E-state index contributed by atoms with van der Waals surface area (Å²) in [6.07, 6.45) is 0.445. The van der Waals surface area contributed by atoms with Gasteiger partial charge in [0.1, 0.15) is 5.82 Å². The number of halogens is 4. The van der Waals surface area contributed by atoms with Crippen molar-refractivity contribution in [1.82, 2.24) is 5.32 Å². The summed E-state index contributed by atoms with van der Waals surface area (Å²) < 4.78 is 40.4. The van der Waals surface area contributed by atoms with E-state index in [1.54, 1.807) is 0 Å². The zero-order chi connectivity index (χ0) is 15.4. The Morgan fingerprint density at radius 2 is 1.81 bits per heavy atom. The van der Waals surface area contributed by atoms with Crippen molar-refractivity contribution in [1.29, 1.82) is 0 Å². The maximum Gasteiger partial charge on any atom is 0.159 e. The lowest BCUT2D eigenvalue weighted by molar-refractivity contribution is 0.502. The molecule has 1 nitrogen and oxygen atoms in total. The van der Waals surface area contributed by atoms with Crippen molar-refractivity contribution in [3.05, 3.63) is 69.4 Å². The van der Waals surface area contributed by atoms with E-state index in [2.05, 4.69) is 21.2 Å². The largest absolute Gasteiger partial charge is 0.310 e. The molecular weight excluding hydrogens is 343 g/mol. The Morgan fingerprint density at radius 3 is 2.43 bits per heavy atom. The summed E-state index contributed by atoms with van der Waals surface area (Å²) in [5.74, 6) is -2.08. The van der Waals surface area contributed by atoms with Crippen LogP contribution >= 0.6 is 15.9 Å². The molecule has 0 aliphatic carbocycles. The van der Waals surface area contributed by atoms with Crippen molar-refractivity contribution in [2.45, 2.75) is 19.4 Å². The molecular formula is C16H15BrF3N. The average Bonchev–Trinajstić information content (AvgIpc) is 2.41. The summed E-state index contributed by atoms with van der Waals surface area (Å²) in [4.78, 5) is 0. The van der Waals surface area contributed by atoms with Crippen molar-refractivity contribution in [3.8, 4) is 0 Å². The zero-order valence-electron chi connectivity index (χ0n) is 11.5. The lowest BCUT2D eigenvalue weighted by atomic mass is 9.98. The first-order valence-electron chi connectivity index (χ1n) is 6.63. The fourth-order valence-electron chi connectivity index (χ4n) is 2.23. The lowest BCUT2D eigenvalue weighted by Gasteiger charge is -2.19. The topological polar surface area (TPSA) is 12.0 Å². The first-order valence-corrected chi connectivity index (χ1v) is 7.42. The highest BCUT2D eigenvalue weighted by Crippen LogP contribution is 2.24. The Hall–Kier alpha value is -1.33. The van der Waals surface area contributed by atoms with Crippen LogP contribution in [0.5, 0.6) is 0 Å². The third kappa shape index (κ3) is 4.32. The van der Waals surface area contributed by atoms with Gasteiger partial charge in [-0.25, -0.2) is 13.2 Å². The summed E-state index contributed by atoms with van der Waals surface area (Å²) in [5.41, 5.74) is 1.41. The highest BCUT2D eigenvalue weighted by molar-refractivity contribution is 9.10. The van der Waals surface area contributed by atoms with Crippen LogP contribution in [0.2, 0.25) is 0 Å².